The normalized spacial score (nSPS) is 11.9. The Balaban J connectivity index is 1.78. The maximum absolute atomic E-state index is 12.8. The summed E-state index contributed by atoms with van der Waals surface area (Å²) in [6.45, 7) is 6.71. The molecule has 0 saturated carbocycles. The van der Waals surface area contributed by atoms with Crippen LogP contribution in [0.4, 0.5) is 5.69 Å². The molecule has 1 aromatic carbocycles. The van der Waals surface area contributed by atoms with Crippen molar-refractivity contribution in [1.29, 1.82) is 0 Å². The minimum Gasteiger partial charge on any atom is -0.495 e. The second kappa shape index (κ2) is 9.56. The van der Waals surface area contributed by atoms with Crippen LogP contribution in [0.2, 0.25) is 0 Å². The first-order valence-corrected chi connectivity index (χ1v) is 10.4. The molecule has 8 heteroatoms. The van der Waals surface area contributed by atoms with Gasteiger partial charge in [0, 0.05) is 24.5 Å². The Labute approximate surface area is 174 Å². The summed E-state index contributed by atoms with van der Waals surface area (Å²) in [6.07, 6.45) is 4.40. The van der Waals surface area contributed by atoms with Gasteiger partial charge in [-0.1, -0.05) is 24.8 Å². The van der Waals surface area contributed by atoms with E-state index in [2.05, 4.69) is 32.0 Å². The van der Waals surface area contributed by atoms with E-state index in [-0.39, 0.29) is 11.2 Å². The highest BCUT2D eigenvalue weighted by Gasteiger charge is 2.21. The Morgan fingerprint density at radius 1 is 1.24 bits per heavy atom. The summed E-state index contributed by atoms with van der Waals surface area (Å²) in [5, 5.41) is 12.0. The van der Waals surface area contributed by atoms with Crippen LogP contribution in [0.1, 0.15) is 25.8 Å². The van der Waals surface area contributed by atoms with Gasteiger partial charge in [0.1, 0.15) is 5.75 Å². The van der Waals surface area contributed by atoms with Crippen LogP contribution < -0.4 is 10.1 Å². The largest absolute Gasteiger partial charge is 0.495 e. The molecular formula is C21H25N5O2S. The predicted octanol–water partition coefficient (Wildman–Crippen LogP) is 4.19. The molecule has 3 rings (SSSR count). The van der Waals surface area contributed by atoms with Crippen molar-refractivity contribution in [3.05, 3.63) is 48.3 Å². The van der Waals surface area contributed by atoms with Gasteiger partial charge < -0.3 is 14.6 Å². The van der Waals surface area contributed by atoms with Crippen LogP contribution in [-0.2, 0) is 11.3 Å². The number of nitrogens with one attached hydrogen (secondary N) is 1. The van der Waals surface area contributed by atoms with Crippen LogP contribution >= 0.6 is 11.8 Å². The van der Waals surface area contributed by atoms with Gasteiger partial charge >= 0.3 is 0 Å². The molecule has 1 unspecified atom stereocenters. The molecule has 0 aliphatic rings. The summed E-state index contributed by atoms with van der Waals surface area (Å²) in [6, 6.07) is 9.51. The average Bonchev–Trinajstić information content (AvgIpc) is 3.11. The van der Waals surface area contributed by atoms with Crippen LogP contribution in [0, 0.1) is 6.92 Å². The molecular weight excluding hydrogens is 386 g/mol. The van der Waals surface area contributed by atoms with Crippen molar-refractivity contribution in [2.75, 3.05) is 12.4 Å². The number of carbonyl (C=O) groups excluding carboxylic acids is 1. The molecule has 0 spiro atoms. The number of nitrogens with zero attached hydrogens (tertiary/aromatic N) is 4. The van der Waals surface area contributed by atoms with Crippen molar-refractivity contribution < 1.29 is 9.53 Å². The first kappa shape index (κ1) is 20.9. The number of hydrogen-bond acceptors (Lipinski definition) is 6. The van der Waals surface area contributed by atoms with E-state index in [0.29, 0.717) is 11.4 Å². The van der Waals surface area contributed by atoms with Gasteiger partial charge in [-0.05, 0) is 50.1 Å². The van der Waals surface area contributed by atoms with E-state index in [1.165, 1.54) is 11.8 Å². The fourth-order valence-corrected chi connectivity index (χ4v) is 3.76. The minimum atomic E-state index is -0.356. The summed E-state index contributed by atoms with van der Waals surface area (Å²) >= 11 is 1.39. The number of ether oxygens (including phenoxy) is 1. The van der Waals surface area contributed by atoms with E-state index in [4.69, 9.17) is 4.74 Å². The maximum atomic E-state index is 12.8. The zero-order valence-corrected chi connectivity index (χ0v) is 17.9. The molecule has 0 aliphatic carbocycles. The average molecular weight is 412 g/mol. The van der Waals surface area contributed by atoms with Crippen LogP contribution in [0.25, 0.3) is 11.4 Å². The molecule has 3 aromatic rings. The quantitative estimate of drug-likeness (QED) is 0.560. The predicted molar refractivity (Wildman–Crippen MR) is 115 cm³/mol. The lowest BCUT2D eigenvalue weighted by atomic mass is 10.2. The van der Waals surface area contributed by atoms with E-state index in [9.17, 15) is 4.79 Å². The molecule has 1 atom stereocenters. The lowest BCUT2D eigenvalue weighted by Gasteiger charge is -2.15. The molecule has 0 radical (unpaired) electrons. The number of aromatic nitrogens is 4. The number of thioether (sulfide) groups is 1. The molecule has 1 N–H and O–H groups in total. The monoisotopic (exact) mass is 411 g/mol. The molecule has 0 aliphatic heterocycles. The zero-order chi connectivity index (χ0) is 20.8. The molecule has 1 amide bonds. The molecule has 2 aromatic heterocycles. The fourth-order valence-electron chi connectivity index (χ4n) is 2.88. The number of amides is 1. The van der Waals surface area contributed by atoms with Crippen molar-refractivity contribution in [1.82, 2.24) is 19.7 Å². The number of methoxy groups -OCH3 is 1. The van der Waals surface area contributed by atoms with Crippen molar-refractivity contribution >= 4 is 23.4 Å². The number of anilines is 1. The smallest absolute Gasteiger partial charge is 0.237 e. The Morgan fingerprint density at radius 3 is 2.69 bits per heavy atom. The lowest BCUT2D eigenvalue weighted by molar-refractivity contribution is -0.115. The van der Waals surface area contributed by atoms with Gasteiger partial charge in [-0.3, -0.25) is 9.78 Å². The molecule has 0 fully saturated rings. The van der Waals surface area contributed by atoms with Crippen LogP contribution in [0.3, 0.4) is 0 Å². The van der Waals surface area contributed by atoms with E-state index >= 15 is 0 Å². The van der Waals surface area contributed by atoms with Gasteiger partial charge in [0.15, 0.2) is 11.0 Å². The van der Waals surface area contributed by atoms with Gasteiger partial charge in [0.05, 0.1) is 18.0 Å². The Hall–Kier alpha value is -2.87. The molecule has 152 valence electrons. The lowest BCUT2D eigenvalue weighted by Crippen LogP contribution is -2.23. The topological polar surface area (TPSA) is 81.9 Å². The Kier molecular flexibility index (Phi) is 6.87. The number of benzene rings is 1. The van der Waals surface area contributed by atoms with Crippen molar-refractivity contribution in [2.45, 2.75) is 44.1 Å². The first-order chi connectivity index (χ1) is 14.0. The maximum Gasteiger partial charge on any atom is 0.237 e. The van der Waals surface area contributed by atoms with Gasteiger partial charge in [0.25, 0.3) is 0 Å². The third-order valence-electron chi connectivity index (χ3n) is 4.37. The zero-order valence-electron chi connectivity index (χ0n) is 17.0. The molecule has 29 heavy (non-hydrogen) atoms. The fraction of sp³-hybridized carbons (Fsp3) is 0.333. The number of rotatable bonds is 8. The van der Waals surface area contributed by atoms with Crippen molar-refractivity contribution in [3.63, 3.8) is 0 Å². The van der Waals surface area contributed by atoms with Gasteiger partial charge in [0.2, 0.25) is 5.91 Å². The van der Waals surface area contributed by atoms with E-state index in [0.717, 1.165) is 35.1 Å². The third-order valence-corrected chi connectivity index (χ3v) is 5.45. The standard InChI is InChI=1S/C21H25N5O2S/c1-5-12-26-19(16-8-10-22-11-9-16)24-25-21(26)29-15(3)20(27)23-17-13-14(2)6-7-18(17)28-4/h6-11,13,15H,5,12H2,1-4H3,(H,23,27). The number of carbonyl (C=O) groups is 1. The molecule has 2 heterocycles. The van der Waals surface area contributed by atoms with E-state index in [1.807, 2.05) is 44.2 Å². The summed E-state index contributed by atoms with van der Waals surface area (Å²) in [5.41, 5.74) is 2.66. The third kappa shape index (κ3) is 4.95. The van der Waals surface area contributed by atoms with Crippen LogP contribution in [0.5, 0.6) is 5.75 Å². The SMILES string of the molecule is CCCn1c(SC(C)C(=O)Nc2cc(C)ccc2OC)nnc1-c1ccncc1. The first-order valence-electron chi connectivity index (χ1n) is 9.49. The summed E-state index contributed by atoms with van der Waals surface area (Å²) in [5.74, 6) is 1.30. The second-order valence-electron chi connectivity index (χ2n) is 6.65. The van der Waals surface area contributed by atoms with Gasteiger partial charge in [-0.15, -0.1) is 10.2 Å². The van der Waals surface area contributed by atoms with Gasteiger partial charge in [-0.2, -0.15) is 0 Å². The van der Waals surface area contributed by atoms with E-state index < -0.39 is 0 Å². The summed E-state index contributed by atoms with van der Waals surface area (Å²) < 4.78 is 7.40. The van der Waals surface area contributed by atoms with E-state index in [1.54, 1.807) is 19.5 Å². The highest BCUT2D eigenvalue weighted by Crippen LogP contribution is 2.29. The molecule has 0 saturated heterocycles. The minimum absolute atomic E-state index is 0.115. The van der Waals surface area contributed by atoms with Gasteiger partial charge in [-0.25, -0.2) is 0 Å². The Bertz CT molecular complexity index is 974. The highest BCUT2D eigenvalue weighted by atomic mass is 32.2. The number of pyridine rings is 1. The van der Waals surface area contributed by atoms with Crippen molar-refractivity contribution in [2.24, 2.45) is 0 Å². The van der Waals surface area contributed by atoms with Crippen LogP contribution in [0.15, 0.2) is 47.9 Å². The molecule has 0 bridgehead atoms. The van der Waals surface area contributed by atoms with Crippen LogP contribution in [-0.4, -0.2) is 38.0 Å². The number of aryl methyl sites for hydroxylation is 1. The number of hydrogen-bond donors (Lipinski definition) is 1. The second-order valence-corrected chi connectivity index (χ2v) is 7.95. The summed E-state index contributed by atoms with van der Waals surface area (Å²) in [7, 11) is 1.59. The highest BCUT2D eigenvalue weighted by molar-refractivity contribution is 8.00. The summed E-state index contributed by atoms with van der Waals surface area (Å²) in [4.78, 5) is 16.8. The molecule has 7 nitrogen and oxygen atoms in total. The Morgan fingerprint density at radius 2 is 2.00 bits per heavy atom. The van der Waals surface area contributed by atoms with Crippen molar-refractivity contribution in [3.8, 4) is 17.1 Å².